The van der Waals surface area contributed by atoms with E-state index in [1.54, 1.807) is 0 Å². The number of carbonyl (C=O) groups excluding carboxylic acids is 1. The lowest BCUT2D eigenvalue weighted by molar-refractivity contribution is -0.141. The molecule has 0 radical (unpaired) electrons. The molecule has 3 heteroatoms. The number of esters is 1. The van der Waals surface area contributed by atoms with Crippen LogP contribution in [0.4, 0.5) is 0 Å². The highest BCUT2D eigenvalue weighted by Crippen LogP contribution is 2.14. The van der Waals surface area contributed by atoms with Crippen molar-refractivity contribution in [1.82, 2.24) is 0 Å². The lowest BCUT2D eigenvalue weighted by atomic mass is 10.0. The predicted octanol–water partition coefficient (Wildman–Crippen LogP) is 2.40. The van der Waals surface area contributed by atoms with Crippen molar-refractivity contribution in [2.24, 2.45) is 5.92 Å². The Bertz CT molecular complexity index is 115. The van der Waals surface area contributed by atoms with E-state index in [0.717, 1.165) is 17.3 Å². The molecule has 0 spiro atoms. The Morgan fingerprint density at radius 2 is 2.27 bits per heavy atom. The van der Waals surface area contributed by atoms with Crippen LogP contribution < -0.4 is 0 Å². The molecule has 0 amide bonds. The van der Waals surface area contributed by atoms with Gasteiger partial charge in [0.25, 0.3) is 0 Å². The Balaban J connectivity index is 3.58. The van der Waals surface area contributed by atoms with Crippen LogP contribution in [0.5, 0.6) is 0 Å². The van der Waals surface area contributed by atoms with Crippen LogP contribution in [-0.2, 0) is 9.53 Å². The third kappa shape index (κ3) is 5.47. The molecular formula is C8H15IO2. The highest BCUT2D eigenvalue weighted by Gasteiger charge is 2.11. The lowest BCUT2D eigenvalue weighted by Crippen LogP contribution is -2.10. The standard InChI is InChI=1S/C8H15IO2/c1-3-4-7(6-9)5-8(10)11-2/h7H,3-6H2,1-2H3/t7-/m1/s1. The zero-order valence-electron chi connectivity index (χ0n) is 7.10. The summed E-state index contributed by atoms with van der Waals surface area (Å²) in [4.78, 5) is 10.8. The maximum atomic E-state index is 10.8. The van der Waals surface area contributed by atoms with Crippen molar-refractivity contribution < 1.29 is 9.53 Å². The normalized spacial score (nSPS) is 12.6. The third-order valence-corrected chi connectivity index (χ3v) is 2.84. The number of methoxy groups -OCH3 is 1. The molecule has 0 aliphatic heterocycles. The van der Waals surface area contributed by atoms with Crippen LogP contribution in [0.25, 0.3) is 0 Å². The molecule has 66 valence electrons. The minimum absolute atomic E-state index is 0.0832. The van der Waals surface area contributed by atoms with Gasteiger partial charge >= 0.3 is 5.97 Å². The number of alkyl halides is 1. The smallest absolute Gasteiger partial charge is 0.305 e. The second-order valence-electron chi connectivity index (χ2n) is 2.59. The molecule has 0 bridgehead atoms. The van der Waals surface area contributed by atoms with Crippen molar-refractivity contribution in [3.8, 4) is 0 Å². The summed E-state index contributed by atoms with van der Waals surface area (Å²) in [5, 5.41) is 0. The zero-order valence-corrected chi connectivity index (χ0v) is 9.26. The van der Waals surface area contributed by atoms with Crippen LogP contribution in [0, 0.1) is 5.92 Å². The van der Waals surface area contributed by atoms with Crippen molar-refractivity contribution in [3.05, 3.63) is 0 Å². The topological polar surface area (TPSA) is 26.3 Å². The van der Waals surface area contributed by atoms with Crippen molar-refractivity contribution in [1.29, 1.82) is 0 Å². The molecule has 0 fully saturated rings. The highest BCUT2D eigenvalue weighted by atomic mass is 127. The summed E-state index contributed by atoms with van der Waals surface area (Å²) >= 11 is 2.31. The molecule has 11 heavy (non-hydrogen) atoms. The number of halogens is 1. The van der Waals surface area contributed by atoms with Gasteiger partial charge in [-0.25, -0.2) is 0 Å². The maximum absolute atomic E-state index is 10.8. The van der Waals surface area contributed by atoms with Crippen LogP contribution in [0.2, 0.25) is 0 Å². The summed E-state index contributed by atoms with van der Waals surface area (Å²) in [5.41, 5.74) is 0. The Kier molecular flexibility index (Phi) is 7.01. The number of hydrogen-bond donors (Lipinski definition) is 0. The van der Waals surface area contributed by atoms with E-state index in [9.17, 15) is 4.79 Å². The minimum atomic E-state index is -0.0832. The first-order chi connectivity index (χ1) is 5.24. The monoisotopic (exact) mass is 270 g/mol. The number of hydrogen-bond acceptors (Lipinski definition) is 2. The van der Waals surface area contributed by atoms with E-state index in [-0.39, 0.29) is 5.97 Å². The number of rotatable bonds is 5. The third-order valence-electron chi connectivity index (χ3n) is 1.60. The molecule has 0 aromatic rings. The van der Waals surface area contributed by atoms with Gasteiger partial charge in [-0.15, -0.1) is 0 Å². The zero-order chi connectivity index (χ0) is 8.69. The fraction of sp³-hybridized carbons (Fsp3) is 0.875. The average Bonchev–Trinajstić information content (AvgIpc) is 2.03. The molecule has 1 atom stereocenters. The molecule has 0 N–H and O–H groups in total. The van der Waals surface area contributed by atoms with Crippen molar-refractivity contribution in [2.75, 3.05) is 11.5 Å². The van der Waals surface area contributed by atoms with Crippen LogP contribution in [0.3, 0.4) is 0 Å². The summed E-state index contributed by atoms with van der Waals surface area (Å²) < 4.78 is 5.63. The van der Waals surface area contributed by atoms with E-state index in [1.165, 1.54) is 7.11 Å². The number of carbonyl (C=O) groups is 1. The summed E-state index contributed by atoms with van der Waals surface area (Å²) in [7, 11) is 1.44. The summed E-state index contributed by atoms with van der Waals surface area (Å²) in [6, 6.07) is 0. The van der Waals surface area contributed by atoms with Gasteiger partial charge in [-0.05, 0) is 12.3 Å². The molecule has 0 saturated carbocycles. The second kappa shape index (κ2) is 6.88. The van der Waals surface area contributed by atoms with Crippen LogP contribution in [0.1, 0.15) is 26.2 Å². The largest absolute Gasteiger partial charge is 0.469 e. The van der Waals surface area contributed by atoms with Gasteiger partial charge in [0.1, 0.15) is 0 Å². The average molecular weight is 270 g/mol. The molecule has 2 nitrogen and oxygen atoms in total. The Labute approximate surface area is 81.8 Å². The Morgan fingerprint density at radius 1 is 1.64 bits per heavy atom. The van der Waals surface area contributed by atoms with Gasteiger partial charge in [-0.3, -0.25) is 4.79 Å². The summed E-state index contributed by atoms with van der Waals surface area (Å²) in [5.74, 6) is 0.424. The van der Waals surface area contributed by atoms with Crippen molar-refractivity contribution >= 4 is 28.6 Å². The van der Waals surface area contributed by atoms with E-state index < -0.39 is 0 Å². The molecule has 0 heterocycles. The molecule has 0 rings (SSSR count). The van der Waals surface area contributed by atoms with Gasteiger partial charge in [0.05, 0.1) is 7.11 Å². The number of ether oxygens (including phenoxy) is 1. The summed E-state index contributed by atoms with van der Waals surface area (Å²) in [6.07, 6.45) is 2.84. The first kappa shape index (κ1) is 11.2. The van der Waals surface area contributed by atoms with Crippen LogP contribution >= 0.6 is 22.6 Å². The van der Waals surface area contributed by atoms with Gasteiger partial charge in [0, 0.05) is 10.8 Å². The molecule has 0 saturated heterocycles. The fourth-order valence-corrected chi connectivity index (χ4v) is 1.71. The van der Waals surface area contributed by atoms with Gasteiger partial charge in [-0.1, -0.05) is 35.9 Å². The van der Waals surface area contributed by atoms with E-state index >= 15 is 0 Å². The van der Waals surface area contributed by atoms with E-state index in [0.29, 0.717) is 12.3 Å². The van der Waals surface area contributed by atoms with Crippen molar-refractivity contribution in [2.45, 2.75) is 26.2 Å². The highest BCUT2D eigenvalue weighted by molar-refractivity contribution is 14.1. The molecule has 0 aliphatic rings. The molecule has 0 unspecified atom stereocenters. The Morgan fingerprint density at radius 3 is 2.64 bits per heavy atom. The SMILES string of the molecule is CCC[C@@H](CI)CC(=O)OC. The molecular weight excluding hydrogens is 255 g/mol. The lowest BCUT2D eigenvalue weighted by Gasteiger charge is -2.09. The fourth-order valence-electron chi connectivity index (χ4n) is 0.961. The van der Waals surface area contributed by atoms with Gasteiger partial charge < -0.3 is 4.74 Å². The van der Waals surface area contributed by atoms with Gasteiger partial charge in [-0.2, -0.15) is 0 Å². The quantitative estimate of drug-likeness (QED) is 0.435. The van der Waals surface area contributed by atoms with E-state index in [1.807, 2.05) is 0 Å². The Hall–Kier alpha value is 0.200. The van der Waals surface area contributed by atoms with E-state index in [4.69, 9.17) is 0 Å². The van der Waals surface area contributed by atoms with Crippen LogP contribution in [-0.4, -0.2) is 17.5 Å². The first-order valence-electron chi connectivity index (χ1n) is 3.87. The molecule has 0 aliphatic carbocycles. The predicted molar refractivity (Wildman–Crippen MR) is 53.9 cm³/mol. The summed E-state index contributed by atoms with van der Waals surface area (Å²) in [6.45, 7) is 2.14. The maximum Gasteiger partial charge on any atom is 0.305 e. The minimum Gasteiger partial charge on any atom is -0.469 e. The second-order valence-corrected chi connectivity index (χ2v) is 3.47. The van der Waals surface area contributed by atoms with Gasteiger partial charge in [0.2, 0.25) is 0 Å². The van der Waals surface area contributed by atoms with Crippen molar-refractivity contribution in [3.63, 3.8) is 0 Å². The first-order valence-corrected chi connectivity index (χ1v) is 5.39. The molecule has 0 aromatic heterocycles. The molecule has 0 aromatic carbocycles. The van der Waals surface area contributed by atoms with E-state index in [2.05, 4.69) is 34.3 Å². The van der Waals surface area contributed by atoms with Gasteiger partial charge in [0.15, 0.2) is 0 Å². The van der Waals surface area contributed by atoms with Crippen LogP contribution in [0.15, 0.2) is 0 Å².